The average molecular weight is 125 g/mol. The molecule has 0 fully saturated rings. The molecule has 0 aromatic carbocycles. The second-order valence-electron chi connectivity index (χ2n) is 1.57. The molecule has 0 spiro atoms. The molecule has 1 radical (unpaired) electrons. The number of imidazole rings is 1. The smallest absolute Gasteiger partial charge is 0.309 e. The number of hydrogen-bond donors (Lipinski definition) is 2. The Morgan fingerprint density at radius 1 is 2.00 bits per heavy atom. The van der Waals surface area contributed by atoms with E-state index in [4.69, 9.17) is 5.11 Å². The van der Waals surface area contributed by atoms with Gasteiger partial charge in [-0.2, -0.15) is 0 Å². The summed E-state index contributed by atoms with van der Waals surface area (Å²) in [5.74, 6) is -0.879. The fourth-order valence-corrected chi connectivity index (χ4v) is 0.497. The molecule has 0 saturated carbocycles. The first-order chi connectivity index (χ1) is 4.29. The zero-order chi connectivity index (χ0) is 6.69. The molecular formula is C5H5N2O2. The van der Waals surface area contributed by atoms with E-state index in [-0.39, 0.29) is 6.42 Å². The van der Waals surface area contributed by atoms with Gasteiger partial charge < -0.3 is 10.1 Å². The molecule has 0 amide bonds. The third kappa shape index (κ3) is 1.56. The van der Waals surface area contributed by atoms with Crippen molar-refractivity contribution < 1.29 is 9.90 Å². The quantitative estimate of drug-likeness (QED) is 0.577. The Bertz CT molecular complexity index is 193. The Kier molecular flexibility index (Phi) is 1.48. The van der Waals surface area contributed by atoms with Crippen LogP contribution < -0.4 is 0 Å². The summed E-state index contributed by atoms with van der Waals surface area (Å²) in [7, 11) is 0. The summed E-state index contributed by atoms with van der Waals surface area (Å²) in [6, 6.07) is 0. The van der Waals surface area contributed by atoms with Crippen LogP contribution in [0.25, 0.3) is 0 Å². The van der Waals surface area contributed by atoms with E-state index in [1.807, 2.05) is 0 Å². The number of hydrogen-bond acceptors (Lipinski definition) is 2. The van der Waals surface area contributed by atoms with Crippen molar-refractivity contribution in [3.63, 3.8) is 0 Å². The van der Waals surface area contributed by atoms with E-state index in [0.29, 0.717) is 5.69 Å². The van der Waals surface area contributed by atoms with Gasteiger partial charge in [-0.3, -0.25) is 4.79 Å². The molecular weight excluding hydrogens is 120 g/mol. The summed E-state index contributed by atoms with van der Waals surface area (Å²) in [5, 5.41) is 8.22. The van der Waals surface area contributed by atoms with Gasteiger partial charge in [0, 0.05) is 6.20 Å². The van der Waals surface area contributed by atoms with Crippen LogP contribution in [0.5, 0.6) is 0 Å². The molecule has 1 heterocycles. The van der Waals surface area contributed by atoms with Crippen molar-refractivity contribution in [2.45, 2.75) is 6.42 Å². The van der Waals surface area contributed by atoms with Crippen LogP contribution in [-0.4, -0.2) is 21.0 Å². The Morgan fingerprint density at radius 2 is 2.78 bits per heavy atom. The van der Waals surface area contributed by atoms with Gasteiger partial charge in [-0.15, -0.1) is 0 Å². The summed E-state index contributed by atoms with van der Waals surface area (Å²) in [5.41, 5.74) is 0.502. The van der Waals surface area contributed by atoms with Gasteiger partial charge in [0.05, 0.1) is 12.1 Å². The third-order valence-corrected chi connectivity index (χ3v) is 0.835. The molecule has 9 heavy (non-hydrogen) atoms. The van der Waals surface area contributed by atoms with Crippen molar-refractivity contribution in [3.8, 4) is 0 Å². The van der Waals surface area contributed by atoms with E-state index in [0.717, 1.165) is 0 Å². The van der Waals surface area contributed by atoms with Gasteiger partial charge in [-0.1, -0.05) is 0 Å². The van der Waals surface area contributed by atoms with E-state index in [2.05, 4.69) is 16.3 Å². The predicted octanol–water partition coefficient (Wildman–Crippen LogP) is -0.163. The number of aromatic amines is 1. The molecule has 0 atom stereocenters. The van der Waals surface area contributed by atoms with Crippen molar-refractivity contribution in [2.75, 3.05) is 0 Å². The predicted molar refractivity (Wildman–Crippen MR) is 28.8 cm³/mol. The highest BCUT2D eigenvalue weighted by Crippen LogP contribution is 1.90. The summed E-state index contributed by atoms with van der Waals surface area (Å²) in [6.07, 6.45) is 3.86. The van der Waals surface area contributed by atoms with E-state index >= 15 is 0 Å². The van der Waals surface area contributed by atoms with Crippen LogP contribution in [0.4, 0.5) is 0 Å². The lowest BCUT2D eigenvalue weighted by Gasteiger charge is -1.83. The molecule has 0 aliphatic heterocycles. The first-order valence-corrected chi connectivity index (χ1v) is 2.41. The van der Waals surface area contributed by atoms with Crippen molar-refractivity contribution in [1.29, 1.82) is 0 Å². The van der Waals surface area contributed by atoms with Crippen LogP contribution in [0, 0.1) is 6.33 Å². The van der Waals surface area contributed by atoms with Gasteiger partial charge in [0.25, 0.3) is 0 Å². The highest BCUT2D eigenvalue weighted by atomic mass is 16.4. The van der Waals surface area contributed by atoms with Gasteiger partial charge in [-0.25, -0.2) is 4.98 Å². The maximum atomic E-state index is 10.00. The monoisotopic (exact) mass is 125 g/mol. The van der Waals surface area contributed by atoms with Gasteiger partial charge >= 0.3 is 5.97 Å². The summed E-state index contributed by atoms with van der Waals surface area (Å²) < 4.78 is 0. The Balaban J connectivity index is 2.58. The maximum absolute atomic E-state index is 10.00. The molecule has 4 nitrogen and oxygen atoms in total. The largest absolute Gasteiger partial charge is 0.481 e. The maximum Gasteiger partial charge on any atom is 0.309 e. The molecule has 0 unspecified atom stereocenters. The van der Waals surface area contributed by atoms with E-state index in [9.17, 15) is 4.79 Å². The Morgan fingerprint density at radius 3 is 3.22 bits per heavy atom. The molecule has 4 heteroatoms. The van der Waals surface area contributed by atoms with Crippen molar-refractivity contribution in [3.05, 3.63) is 18.2 Å². The van der Waals surface area contributed by atoms with Crippen LogP contribution in [0.3, 0.4) is 0 Å². The minimum Gasteiger partial charge on any atom is -0.481 e. The zero-order valence-corrected chi connectivity index (χ0v) is 4.59. The standard InChI is InChI=1S/C5H5N2O2/c8-5(9)1-4-2-6-3-7-4/h2H,1H2,(H,6,7)(H,8,9). The number of carbonyl (C=O) groups is 1. The second kappa shape index (κ2) is 2.30. The number of nitrogens with zero attached hydrogens (tertiary/aromatic N) is 1. The highest BCUT2D eigenvalue weighted by Gasteiger charge is 1.99. The fourth-order valence-electron chi connectivity index (χ4n) is 0.497. The SMILES string of the molecule is O=C(O)Cc1c[nH][c]n1. The van der Waals surface area contributed by atoms with Crippen LogP contribution in [-0.2, 0) is 11.2 Å². The van der Waals surface area contributed by atoms with E-state index in [1.165, 1.54) is 6.20 Å². The highest BCUT2D eigenvalue weighted by molar-refractivity contribution is 5.69. The average Bonchev–Trinajstić information content (AvgIpc) is 2.15. The molecule has 0 saturated heterocycles. The minimum absolute atomic E-state index is 0.0417. The number of rotatable bonds is 2. The molecule has 0 aliphatic rings. The van der Waals surface area contributed by atoms with Gasteiger partial charge in [0.1, 0.15) is 0 Å². The fraction of sp³-hybridized carbons (Fsp3) is 0.200. The number of carboxylic acids is 1. The van der Waals surface area contributed by atoms with Gasteiger partial charge in [0.15, 0.2) is 6.33 Å². The Labute approximate surface area is 51.5 Å². The van der Waals surface area contributed by atoms with Crippen LogP contribution in [0.15, 0.2) is 6.20 Å². The summed E-state index contributed by atoms with van der Waals surface area (Å²) in [6.45, 7) is 0. The van der Waals surface area contributed by atoms with Crippen LogP contribution >= 0.6 is 0 Å². The number of H-pyrrole nitrogens is 1. The van der Waals surface area contributed by atoms with Gasteiger partial charge in [-0.05, 0) is 0 Å². The zero-order valence-electron chi connectivity index (χ0n) is 4.59. The third-order valence-electron chi connectivity index (χ3n) is 0.835. The summed E-state index contributed by atoms with van der Waals surface area (Å²) in [4.78, 5) is 16.1. The van der Waals surface area contributed by atoms with Crippen molar-refractivity contribution in [2.24, 2.45) is 0 Å². The number of carboxylic acid groups (broad SMARTS) is 1. The van der Waals surface area contributed by atoms with Crippen molar-refractivity contribution in [1.82, 2.24) is 9.97 Å². The minimum atomic E-state index is -0.879. The lowest BCUT2D eigenvalue weighted by molar-refractivity contribution is -0.136. The normalized spacial score (nSPS) is 9.33. The van der Waals surface area contributed by atoms with E-state index < -0.39 is 5.97 Å². The molecule has 1 aromatic heterocycles. The van der Waals surface area contributed by atoms with Gasteiger partial charge in [0.2, 0.25) is 0 Å². The topological polar surface area (TPSA) is 66.0 Å². The first-order valence-electron chi connectivity index (χ1n) is 2.41. The van der Waals surface area contributed by atoms with Crippen LogP contribution in [0.2, 0.25) is 0 Å². The molecule has 1 aromatic rings. The lowest BCUT2D eigenvalue weighted by atomic mass is 10.3. The first kappa shape index (κ1) is 5.81. The second-order valence-corrected chi connectivity index (χ2v) is 1.57. The molecule has 47 valence electrons. The summed E-state index contributed by atoms with van der Waals surface area (Å²) >= 11 is 0. The van der Waals surface area contributed by atoms with E-state index in [1.54, 1.807) is 0 Å². The molecule has 2 N–H and O–H groups in total. The molecule has 0 bridgehead atoms. The number of aromatic nitrogens is 2. The lowest BCUT2D eigenvalue weighted by Crippen LogP contribution is -1.99. The Hall–Kier alpha value is -1.32. The van der Waals surface area contributed by atoms with Crippen molar-refractivity contribution >= 4 is 5.97 Å². The molecule has 1 rings (SSSR count). The number of nitrogens with one attached hydrogen (secondary N) is 1. The number of aliphatic carboxylic acids is 1. The van der Waals surface area contributed by atoms with Crippen LogP contribution in [0.1, 0.15) is 5.69 Å². The molecule has 0 aliphatic carbocycles.